The minimum Gasteiger partial charge on any atom is -0.339 e. The van der Waals surface area contributed by atoms with Crippen molar-refractivity contribution in [3.63, 3.8) is 0 Å². The fraction of sp³-hybridized carbons (Fsp3) is 0.480. The van der Waals surface area contributed by atoms with Crippen LogP contribution in [0.2, 0.25) is 0 Å². The first kappa shape index (κ1) is 21.2. The van der Waals surface area contributed by atoms with Crippen molar-refractivity contribution < 1.29 is 4.79 Å². The van der Waals surface area contributed by atoms with Crippen LogP contribution in [0, 0.1) is 0 Å². The highest BCUT2D eigenvalue weighted by Crippen LogP contribution is 2.34. The molecule has 2 aliphatic rings. The monoisotopic (exact) mass is 450 g/mol. The third kappa shape index (κ3) is 3.94. The summed E-state index contributed by atoms with van der Waals surface area (Å²) >= 11 is 1.71. The van der Waals surface area contributed by atoms with E-state index in [2.05, 4.69) is 11.8 Å². The summed E-state index contributed by atoms with van der Waals surface area (Å²) in [5.74, 6) is 0.939. The third-order valence-electron chi connectivity index (χ3n) is 6.62. The summed E-state index contributed by atoms with van der Waals surface area (Å²) in [6, 6.07) is 9.90. The molecule has 32 heavy (non-hydrogen) atoms. The lowest BCUT2D eigenvalue weighted by Gasteiger charge is -2.36. The van der Waals surface area contributed by atoms with E-state index in [9.17, 15) is 9.59 Å². The zero-order valence-corrected chi connectivity index (χ0v) is 19.5. The number of rotatable bonds is 5. The number of hydrogen-bond donors (Lipinski definition) is 0. The highest BCUT2D eigenvalue weighted by molar-refractivity contribution is 7.18. The predicted octanol–water partition coefficient (Wildman–Crippen LogP) is 3.64. The molecule has 0 radical (unpaired) electrons. The second-order valence-corrected chi connectivity index (χ2v) is 9.87. The average molecular weight is 451 g/mol. The summed E-state index contributed by atoms with van der Waals surface area (Å²) in [5.41, 5.74) is 2.42. The number of carbonyl (C=O) groups excluding carboxylic acids is 1. The molecule has 0 bridgehead atoms. The molecule has 7 heteroatoms. The van der Waals surface area contributed by atoms with Crippen molar-refractivity contribution >= 4 is 33.4 Å². The van der Waals surface area contributed by atoms with Gasteiger partial charge in [0.05, 0.1) is 11.8 Å². The van der Waals surface area contributed by atoms with Gasteiger partial charge >= 0.3 is 0 Å². The Balaban J connectivity index is 1.38. The van der Waals surface area contributed by atoms with E-state index in [-0.39, 0.29) is 11.5 Å². The lowest BCUT2D eigenvalue weighted by Crippen LogP contribution is -2.50. The van der Waals surface area contributed by atoms with Crippen molar-refractivity contribution in [2.24, 2.45) is 0 Å². The Bertz CT molecular complexity index is 1180. The van der Waals surface area contributed by atoms with Crippen LogP contribution in [0.5, 0.6) is 0 Å². The van der Waals surface area contributed by atoms with E-state index in [4.69, 9.17) is 4.98 Å². The smallest absolute Gasteiger partial charge is 0.263 e. The SMILES string of the molecule is CCCn1c(N2CCN(C(=O)Cc3ccccc3)CC2)nc2sc3c(c2c1=O)CCCC3. The summed E-state index contributed by atoms with van der Waals surface area (Å²) in [6.45, 7) is 5.50. The van der Waals surface area contributed by atoms with Crippen molar-refractivity contribution in [3.05, 3.63) is 56.7 Å². The molecule has 3 heterocycles. The molecule has 0 N–H and O–H groups in total. The second kappa shape index (κ2) is 9.06. The van der Waals surface area contributed by atoms with Crippen molar-refractivity contribution in [1.82, 2.24) is 14.5 Å². The summed E-state index contributed by atoms with van der Waals surface area (Å²) < 4.78 is 1.88. The van der Waals surface area contributed by atoms with Crippen LogP contribution in [-0.4, -0.2) is 46.5 Å². The number of thiophene rings is 1. The lowest BCUT2D eigenvalue weighted by atomic mass is 9.97. The molecule has 168 valence electrons. The van der Waals surface area contributed by atoms with Crippen LogP contribution in [0.3, 0.4) is 0 Å². The number of anilines is 1. The van der Waals surface area contributed by atoms with Crippen LogP contribution in [-0.2, 0) is 30.6 Å². The van der Waals surface area contributed by atoms with Gasteiger partial charge in [-0.2, -0.15) is 0 Å². The number of aryl methyl sites for hydroxylation is 2. The maximum Gasteiger partial charge on any atom is 0.263 e. The Kier molecular flexibility index (Phi) is 6.00. The van der Waals surface area contributed by atoms with Gasteiger partial charge in [-0.15, -0.1) is 11.3 Å². The molecule has 1 aromatic carbocycles. The van der Waals surface area contributed by atoms with Gasteiger partial charge in [0.15, 0.2) is 0 Å². The normalized spacial score (nSPS) is 16.4. The van der Waals surface area contributed by atoms with Gasteiger partial charge in [-0.3, -0.25) is 14.2 Å². The largest absolute Gasteiger partial charge is 0.339 e. The van der Waals surface area contributed by atoms with Crippen LogP contribution in [0.1, 0.15) is 42.2 Å². The first-order valence-electron chi connectivity index (χ1n) is 11.8. The van der Waals surface area contributed by atoms with E-state index in [1.807, 2.05) is 39.8 Å². The average Bonchev–Trinajstić information content (AvgIpc) is 3.20. The van der Waals surface area contributed by atoms with Gasteiger partial charge in [-0.25, -0.2) is 4.98 Å². The van der Waals surface area contributed by atoms with Gasteiger partial charge in [0.1, 0.15) is 4.83 Å². The summed E-state index contributed by atoms with van der Waals surface area (Å²) in [7, 11) is 0. The fourth-order valence-corrected chi connectivity index (χ4v) is 6.18. The summed E-state index contributed by atoms with van der Waals surface area (Å²) in [4.78, 5) is 37.7. The van der Waals surface area contributed by atoms with E-state index in [0.717, 1.165) is 47.4 Å². The summed E-state index contributed by atoms with van der Waals surface area (Å²) in [5, 5.41) is 0.860. The molecule has 0 spiro atoms. The number of aromatic nitrogens is 2. The van der Waals surface area contributed by atoms with Gasteiger partial charge in [0, 0.05) is 37.6 Å². The number of carbonyl (C=O) groups is 1. The van der Waals surface area contributed by atoms with Crippen LogP contribution in [0.4, 0.5) is 5.95 Å². The zero-order chi connectivity index (χ0) is 22.1. The second-order valence-electron chi connectivity index (χ2n) is 8.79. The molecule has 0 saturated carbocycles. The molecule has 3 aromatic rings. The van der Waals surface area contributed by atoms with Gasteiger partial charge in [-0.1, -0.05) is 37.3 Å². The van der Waals surface area contributed by atoms with E-state index >= 15 is 0 Å². The van der Waals surface area contributed by atoms with E-state index < -0.39 is 0 Å². The van der Waals surface area contributed by atoms with Crippen molar-refractivity contribution in [1.29, 1.82) is 0 Å². The van der Waals surface area contributed by atoms with Gasteiger partial charge in [0.2, 0.25) is 11.9 Å². The van der Waals surface area contributed by atoms with E-state index in [0.29, 0.717) is 39.1 Å². The standard InChI is InChI=1S/C25H30N4O2S/c1-2-12-29-24(31)22-19-10-6-7-11-20(19)32-23(22)26-25(29)28-15-13-27(14-16-28)21(30)17-18-8-4-3-5-9-18/h3-5,8-9H,2,6-7,10-17H2,1H3. The quantitative estimate of drug-likeness (QED) is 0.596. The van der Waals surface area contributed by atoms with Gasteiger partial charge in [-0.05, 0) is 43.2 Å². The molecule has 2 aromatic heterocycles. The van der Waals surface area contributed by atoms with Gasteiger partial charge < -0.3 is 9.80 Å². The number of nitrogens with zero attached hydrogens (tertiary/aromatic N) is 4. The minimum atomic E-state index is 0.119. The van der Waals surface area contributed by atoms with E-state index in [1.165, 1.54) is 16.9 Å². The van der Waals surface area contributed by atoms with Crippen LogP contribution in [0.15, 0.2) is 35.1 Å². The number of hydrogen-bond acceptors (Lipinski definition) is 5. The van der Waals surface area contributed by atoms with Crippen LogP contribution >= 0.6 is 11.3 Å². The van der Waals surface area contributed by atoms with Gasteiger partial charge in [0.25, 0.3) is 5.56 Å². The Morgan fingerprint density at radius 1 is 1.06 bits per heavy atom. The Morgan fingerprint density at radius 3 is 2.56 bits per heavy atom. The molecule has 1 aliphatic heterocycles. The number of piperazine rings is 1. The van der Waals surface area contributed by atoms with Crippen LogP contribution < -0.4 is 10.5 Å². The Hall–Kier alpha value is -2.67. The first-order valence-corrected chi connectivity index (χ1v) is 12.6. The minimum absolute atomic E-state index is 0.119. The zero-order valence-electron chi connectivity index (χ0n) is 18.7. The molecule has 1 fully saturated rings. The fourth-order valence-electron chi connectivity index (χ4n) is 4.93. The molecule has 0 atom stereocenters. The maximum atomic E-state index is 13.5. The molecule has 0 unspecified atom stereocenters. The predicted molar refractivity (Wildman–Crippen MR) is 130 cm³/mol. The highest BCUT2D eigenvalue weighted by atomic mass is 32.1. The molecule has 1 aliphatic carbocycles. The van der Waals surface area contributed by atoms with Crippen molar-refractivity contribution in [3.8, 4) is 0 Å². The molecule has 1 amide bonds. The molecule has 1 saturated heterocycles. The Morgan fingerprint density at radius 2 is 1.81 bits per heavy atom. The lowest BCUT2D eigenvalue weighted by molar-refractivity contribution is -0.130. The Labute approximate surface area is 192 Å². The maximum absolute atomic E-state index is 13.5. The highest BCUT2D eigenvalue weighted by Gasteiger charge is 2.27. The molecular weight excluding hydrogens is 420 g/mol. The number of amides is 1. The third-order valence-corrected chi connectivity index (χ3v) is 7.80. The number of fused-ring (bicyclic) bond motifs is 3. The van der Waals surface area contributed by atoms with Crippen molar-refractivity contribution in [2.45, 2.75) is 52.0 Å². The topological polar surface area (TPSA) is 58.4 Å². The molecule has 6 nitrogen and oxygen atoms in total. The first-order chi connectivity index (χ1) is 15.7. The molecule has 5 rings (SSSR count). The summed E-state index contributed by atoms with van der Waals surface area (Å²) in [6.07, 6.45) is 5.76. The van der Waals surface area contributed by atoms with E-state index in [1.54, 1.807) is 11.3 Å². The van der Waals surface area contributed by atoms with Crippen LogP contribution in [0.25, 0.3) is 10.2 Å². The molecular formula is C25H30N4O2S. The van der Waals surface area contributed by atoms with Crippen molar-refractivity contribution in [2.75, 3.05) is 31.1 Å². The number of benzene rings is 1.